The van der Waals surface area contributed by atoms with E-state index in [4.69, 9.17) is 0 Å². The zero-order valence-electron chi connectivity index (χ0n) is 15.1. The molecule has 0 aliphatic carbocycles. The molecular weight excluding hydrogens is 318 g/mol. The fourth-order valence-electron chi connectivity index (χ4n) is 3.06. The van der Waals surface area contributed by atoms with Crippen LogP contribution in [0, 0.1) is 0 Å². The summed E-state index contributed by atoms with van der Waals surface area (Å²) in [5, 5.41) is 7.90. The third-order valence-electron chi connectivity index (χ3n) is 4.45. The van der Waals surface area contributed by atoms with Crippen LogP contribution in [-0.2, 0) is 11.2 Å². The second-order valence-electron chi connectivity index (χ2n) is 6.47. The van der Waals surface area contributed by atoms with E-state index in [2.05, 4.69) is 33.9 Å². The van der Waals surface area contributed by atoms with Gasteiger partial charge in [-0.05, 0) is 25.3 Å². The Labute approximate surface area is 147 Å². The molecule has 1 saturated heterocycles. The van der Waals surface area contributed by atoms with Crippen LogP contribution >= 0.6 is 0 Å². The summed E-state index contributed by atoms with van der Waals surface area (Å²) < 4.78 is 1.75. The monoisotopic (exact) mass is 343 g/mol. The third-order valence-corrected chi connectivity index (χ3v) is 4.45. The van der Waals surface area contributed by atoms with Crippen LogP contribution in [0.2, 0.25) is 0 Å². The van der Waals surface area contributed by atoms with Crippen molar-refractivity contribution in [3.63, 3.8) is 0 Å². The van der Waals surface area contributed by atoms with Gasteiger partial charge in [0.05, 0.1) is 6.20 Å². The van der Waals surface area contributed by atoms with E-state index < -0.39 is 0 Å². The molecule has 0 spiro atoms. The van der Waals surface area contributed by atoms with Crippen molar-refractivity contribution < 1.29 is 4.79 Å². The molecule has 0 aromatic carbocycles. The van der Waals surface area contributed by atoms with Gasteiger partial charge >= 0.3 is 0 Å². The van der Waals surface area contributed by atoms with E-state index >= 15 is 0 Å². The Morgan fingerprint density at radius 3 is 2.96 bits per heavy atom. The maximum absolute atomic E-state index is 11.9. The number of carbonyl (C=O) groups excluding carboxylic acids is 1. The minimum Gasteiger partial charge on any atom is -0.350 e. The Bertz CT molecular complexity index is 783. The molecule has 3 heterocycles. The van der Waals surface area contributed by atoms with Gasteiger partial charge in [-0.15, -0.1) is 0 Å². The first-order valence-corrected chi connectivity index (χ1v) is 8.63. The standard InChI is InChI=1S/C17H25N7O/c1-5-12-10-18-24-15(12)20-16(22(3)4)21-17(24)19-13-8-7-9-23(11-13)14(25)6-2/h6,10,13H,2,5,7-9,11H2,1,3-4H3,(H,19,20,21). The van der Waals surface area contributed by atoms with Crippen LogP contribution in [0.5, 0.6) is 0 Å². The molecule has 0 radical (unpaired) electrons. The Morgan fingerprint density at radius 1 is 1.48 bits per heavy atom. The zero-order valence-corrected chi connectivity index (χ0v) is 15.1. The van der Waals surface area contributed by atoms with Crippen molar-refractivity contribution in [1.82, 2.24) is 24.5 Å². The number of aromatic nitrogens is 4. The lowest BCUT2D eigenvalue weighted by Crippen LogP contribution is -2.44. The molecule has 1 N–H and O–H groups in total. The van der Waals surface area contributed by atoms with Crippen LogP contribution in [-0.4, -0.2) is 63.6 Å². The number of carbonyl (C=O) groups is 1. The molecule has 2 aromatic rings. The number of anilines is 2. The van der Waals surface area contributed by atoms with E-state index in [-0.39, 0.29) is 11.9 Å². The fourth-order valence-corrected chi connectivity index (χ4v) is 3.06. The topological polar surface area (TPSA) is 78.7 Å². The molecule has 25 heavy (non-hydrogen) atoms. The quantitative estimate of drug-likeness (QED) is 0.826. The minimum atomic E-state index is -0.0272. The number of amides is 1. The number of piperidine rings is 1. The molecule has 1 unspecified atom stereocenters. The summed E-state index contributed by atoms with van der Waals surface area (Å²) in [6.07, 6.45) is 5.99. The summed E-state index contributed by atoms with van der Waals surface area (Å²) in [5.41, 5.74) is 1.90. The highest BCUT2D eigenvalue weighted by molar-refractivity contribution is 5.87. The summed E-state index contributed by atoms with van der Waals surface area (Å²) in [5.74, 6) is 1.27. The maximum Gasteiger partial charge on any atom is 0.246 e. The highest BCUT2D eigenvalue weighted by Crippen LogP contribution is 2.20. The number of aryl methyl sites for hydroxylation is 1. The summed E-state index contributed by atoms with van der Waals surface area (Å²) in [4.78, 5) is 24.8. The number of rotatable bonds is 5. The Hall–Kier alpha value is -2.64. The molecule has 1 atom stereocenters. The van der Waals surface area contributed by atoms with Crippen LogP contribution in [0.15, 0.2) is 18.9 Å². The van der Waals surface area contributed by atoms with E-state index in [9.17, 15) is 4.79 Å². The van der Waals surface area contributed by atoms with Crippen molar-refractivity contribution in [3.05, 3.63) is 24.4 Å². The highest BCUT2D eigenvalue weighted by Gasteiger charge is 2.24. The third kappa shape index (κ3) is 3.42. The van der Waals surface area contributed by atoms with E-state index in [0.29, 0.717) is 18.4 Å². The van der Waals surface area contributed by atoms with Crippen molar-refractivity contribution in [2.75, 3.05) is 37.4 Å². The number of fused-ring (bicyclic) bond motifs is 1. The van der Waals surface area contributed by atoms with Gasteiger partial charge < -0.3 is 15.1 Å². The van der Waals surface area contributed by atoms with E-state index in [1.54, 1.807) is 4.52 Å². The highest BCUT2D eigenvalue weighted by atomic mass is 16.2. The second-order valence-corrected chi connectivity index (χ2v) is 6.47. The van der Waals surface area contributed by atoms with Gasteiger partial charge in [0.2, 0.25) is 17.8 Å². The minimum absolute atomic E-state index is 0.0272. The fraction of sp³-hybridized carbons (Fsp3) is 0.529. The van der Waals surface area contributed by atoms with Crippen molar-refractivity contribution >= 4 is 23.5 Å². The first-order chi connectivity index (χ1) is 12.0. The number of hydrogen-bond acceptors (Lipinski definition) is 6. The lowest BCUT2D eigenvalue weighted by atomic mass is 10.1. The van der Waals surface area contributed by atoms with Crippen LogP contribution < -0.4 is 10.2 Å². The zero-order chi connectivity index (χ0) is 18.0. The molecule has 8 heteroatoms. The summed E-state index contributed by atoms with van der Waals surface area (Å²) >= 11 is 0. The first kappa shape index (κ1) is 17.2. The van der Waals surface area contributed by atoms with Gasteiger partial charge in [-0.3, -0.25) is 4.79 Å². The normalized spacial score (nSPS) is 17.6. The van der Waals surface area contributed by atoms with E-state index in [1.165, 1.54) is 6.08 Å². The van der Waals surface area contributed by atoms with Gasteiger partial charge in [-0.25, -0.2) is 0 Å². The number of nitrogens with one attached hydrogen (secondary N) is 1. The van der Waals surface area contributed by atoms with E-state index in [1.807, 2.05) is 30.1 Å². The van der Waals surface area contributed by atoms with Gasteiger partial charge in [-0.2, -0.15) is 19.6 Å². The number of likely N-dealkylation sites (tertiary alicyclic amines) is 1. The van der Waals surface area contributed by atoms with Crippen LogP contribution in [0.3, 0.4) is 0 Å². The van der Waals surface area contributed by atoms with Crippen LogP contribution in [0.4, 0.5) is 11.9 Å². The maximum atomic E-state index is 11.9. The van der Waals surface area contributed by atoms with E-state index in [0.717, 1.165) is 37.0 Å². The summed E-state index contributed by atoms with van der Waals surface area (Å²) in [6, 6.07) is 0.125. The van der Waals surface area contributed by atoms with Crippen LogP contribution in [0.1, 0.15) is 25.3 Å². The molecule has 3 rings (SSSR count). The number of nitrogens with zero attached hydrogens (tertiary/aromatic N) is 6. The Balaban J connectivity index is 1.91. The molecular formula is C17H25N7O. The van der Waals surface area contributed by atoms with Gasteiger partial charge in [0.25, 0.3) is 0 Å². The molecule has 1 amide bonds. The van der Waals surface area contributed by atoms with Gasteiger partial charge in [0.15, 0.2) is 5.65 Å². The van der Waals surface area contributed by atoms with Crippen molar-refractivity contribution in [1.29, 1.82) is 0 Å². The predicted molar refractivity (Wildman–Crippen MR) is 97.9 cm³/mol. The SMILES string of the molecule is C=CC(=O)N1CCCC(Nc2nc(N(C)C)nc3c(CC)cnn23)C1. The molecule has 134 valence electrons. The lowest BCUT2D eigenvalue weighted by Gasteiger charge is -2.32. The van der Waals surface area contributed by atoms with Crippen molar-refractivity contribution in [2.45, 2.75) is 32.2 Å². The average Bonchev–Trinajstić information content (AvgIpc) is 3.04. The van der Waals surface area contributed by atoms with Crippen molar-refractivity contribution in [2.24, 2.45) is 0 Å². The largest absolute Gasteiger partial charge is 0.350 e. The van der Waals surface area contributed by atoms with Gasteiger partial charge in [-0.1, -0.05) is 13.5 Å². The Kier molecular flexibility index (Phi) is 4.87. The summed E-state index contributed by atoms with van der Waals surface area (Å²) in [6.45, 7) is 7.07. The molecule has 1 fully saturated rings. The van der Waals surface area contributed by atoms with Gasteiger partial charge in [0, 0.05) is 38.8 Å². The lowest BCUT2D eigenvalue weighted by molar-refractivity contribution is -0.127. The molecule has 1 aliphatic heterocycles. The molecule has 0 bridgehead atoms. The molecule has 2 aromatic heterocycles. The second kappa shape index (κ2) is 7.08. The predicted octanol–water partition coefficient (Wildman–Crippen LogP) is 1.34. The first-order valence-electron chi connectivity index (χ1n) is 8.63. The molecule has 0 saturated carbocycles. The van der Waals surface area contributed by atoms with Gasteiger partial charge in [0.1, 0.15) is 0 Å². The number of hydrogen-bond donors (Lipinski definition) is 1. The molecule has 1 aliphatic rings. The summed E-state index contributed by atoms with van der Waals surface area (Å²) in [7, 11) is 3.84. The molecule has 8 nitrogen and oxygen atoms in total. The average molecular weight is 343 g/mol. The van der Waals surface area contributed by atoms with Crippen LogP contribution in [0.25, 0.3) is 5.65 Å². The Morgan fingerprint density at radius 2 is 2.28 bits per heavy atom. The smallest absolute Gasteiger partial charge is 0.246 e. The van der Waals surface area contributed by atoms with Crippen molar-refractivity contribution in [3.8, 4) is 0 Å².